The quantitative estimate of drug-likeness (QED) is 0.357. The molecule has 8 nitrogen and oxygen atoms in total. The van der Waals surface area contributed by atoms with E-state index < -0.39 is 34.2 Å². The number of carbonyl (C=O) groups excluding carboxylic acids is 1. The van der Waals surface area contributed by atoms with E-state index in [4.69, 9.17) is 4.74 Å². The van der Waals surface area contributed by atoms with Crippen molar-refractivity contribution in [2.75, 3.05) is 18.0 Å². The minimum atomic E-state index is -4.71. The maximum atomic E-state index is 13.2. The third-order valence-corrected chi connectivity index (χ3v) is 6.47. The summed E-state index contributed by atoms with van der Waals surface area (Å²) in [5.41, 5.74) is 1.19. The zero-order valence-corrected chi connectivity index (χ0v) is 19.0. The van der Waals surface area contributed by atoms with Crippen LogP contribution in [0.1, 0.15) is 11.1 Å². The zero-order chi connectivity index (χ0) is 25.6. The van der Waals surface area contributed by atoms with Gasteiger partial charge in [-0.05, 0) is 54.1 Å². The highest BCUT2D eigenvalue weighted by molar-refractivity contribution is 7.92. The molecule has 0 aliphatic heterocycles. The van der Waals surface area contributed by atoms with Crippen molar-refractivity contribution in [3.8, 4) is 11.5 Å². The number of nitrogens with zero attached hydrogens (tertiary/aromatic N) is 2. The number of hydrazone groups is 1. The number of aromatic hydroxyl groups is 1. The number of benzene rings is 3. The minimum absolute atomic E-state index is 0.100. The summed E-state index contributed by atoms with van der Waals surface area (Å²) in [6.45, 7) is -0.839. The molecular weight excluding hydrogens is 487 g/mol. The number of halogens is 3. The SMILES string of the molecule is COc1cc(/C=N\NC(=O)CN(c2cccc(C(F)(F)F)c2)S(=O)(=O)c2ccccc2)ccc1O. The Morgan fingerprint density at radius 1 is 1.09 bits per heavy atom. The molecule has 3 aromatic rings. The highest BCUT2D eigenvalue weighted by Gasteiger charge is 2.33. The van der Waals surface area contributed by atoms with E-state index in [1.54, 1.807) is 6.07 Å². The lowest BCUT2D eigenvalue weighted by Crippen LogP contribution is -2.39. The summed E-state index contributed by atoms with van der Waals surface area (Å²) >= 11 is 0. The molecule has 0 saturated heterocycles. The van der Waals surface area contributed by atoms with Gasteiger partial charge in [-0.2, -0.15) is 18.3 Å². The lowest BCUT2D eigenvalue weighted by Gasteiger charge is -2.24. The summed E-state index contributed by atoms with van der Waals surface area (Å²) in [7, 11) is -3.04. The number of anilines is 1. The first-order valence-corrected chi connectivity index (χ1v) is 11.4. The number of phenolic OH excluding ortho intramolecular Hbond substituents is 1. The molecule has 0 spiro atoms. The van der Waals surface area contributed by atoms with Crippen LogP contribution in [0.25, 0.3) is 0 Å². The van der Waals surface area contributed by atoms with Gasteiger partial charge < -0.3 is 9.84 Å². The van der Waals surface area contributed by atoms with Crippen LogP contribution in [-0.4, -0.2) is 39.3 Å². The van der Waals surface area contributed by atoms with Gasteiger partial charge in [0.1, 0.15) is 6.54 Å². The lowest BCUT2D eigenvalue weighted by atomic mass is 10.2. The predicted octanol–water partition coefficient (Wildman–Crippen LogP) is 3.77. The molecule has 0 aliphatic carbocycles. The molecule has 0 bridgehead atoms. The molecule has 3 rings (SSSR count). The third-order valence-electron chi connectivity index (χ3n) is 4.69. The standard InChI is InChI=1S/C23H20F3N3O5S/c1-34-21-12-16(10-11-20(21)30)14-27-28-22(31)15-29(35(32,33)19-8-3-2-4-9-19)18-7-5-6-17(13-18)23(24,25)26/h2-14,30H,15H2,1H3,(H,28,31)/b27-14-. The normalized spacial score (nSPS) is 11.9. The van der Waals surface area contributed by atoms with Crippen LogP contribution in [0.4, 0.5) is 18.9 Å². The number of methoxy groups -OCH3 is 1. The molecule has 0 unspecified atom stereocenters. The summed E-state index contributed by atoms with van der Waals surface area (Å²) in [6, 6.07) is 15.0. The summed E-state index contributed by atoms with van der Waals surface area (Å²) in [6.07, 6.45) is -3.49. The molecule has 12 heteroatoms. The number of phenols is 1. The first kappa shape index (κ1) is 25.6. The Kier molecular flexibility index (Phi) is 7.65. The summed E-state index contributed by atoms with van der Waals surface area (Å²) in [5, 5.41) is 13.4. The monoisotopic (exact) mass is 507 g/mol. The Hall–Kier alpha value is -4.06. The van der Waals surface area contributed by atoms with Gasteiger partial charge in [-0.3, -0.25) is 9.10 Å². The fraction of sp³-hybridized carbons (Fsp3) is 0.130. The Bertz CT molecular complexity index is 1330. The van der Waals surface area contributed by atoms with E-state index in [9.17, 15) is 31.5 Å². The van der Waals surface area contributed by atoms with E-state index in [1.165, 1.54) is 55.8 Å². The maximum absolute atomic E-state index is 13.2. The fourth-order valence-corrected chi connectivity index (χ4v) is 4.43. The van der Waals surface area contributed by atoms with Gasteiger partial charge in [0.25, 0.3) is 15.9 Å². The molecule has 184 valence electrons. The van der Waals surface area contributed by atoms with Crippen molar-refractivity contribution in [1.29, 1.82) is 0 Å². The van der Waals surface area contributed by atoms with Crippen molar-refractivity contribution in [3.05, 3.63) is 83.9 Å². The van der Waals surface area contributed by atoms with Crippen LogP contribution < -0.4 is 14.5 Å². The van der Waals surface area contributed by atoms with Crippen molar-refractivity contribution in [2.24, 2.45) is 5.10 Å². The van der Waals surface area contributed by atoms with Gasteiger partial charge in [0.2, 0.25) is 0 Å². The van der Waals surface area contributed by atoms with E-state index in [1.807, 2.05) is 0 Å². The highest BCUT2D eigenvalue weighted by Crippen LogP contribution is 2.33. The Balaban J connectivity index is 1.88. The largest absolute Gasteiger partial charge is 0.504 e. The summed E-state index contributed by atoms with van der Waals surface area (Å²) in [4.78, 5) is 12.3. The molecule has 2 N–H and O–H groups in total. The number of carbonyl (C=O) groups is 1. The van der Waals surface area contributed by atoms with Crippen LogP contribution in [0.2, 0.25) is 0 Å². The fourth-order valence-electron chi connectivity index (χ4n) is 2.99. The first-order valence-electron chi connectivity index (χ1n) is 9.96. The number of nitrogens with one attached hydrogen (secondary N) is 1. The molecule has 0 heterocycles. The molecule has 0 radical (unpaired) electrons. The predicted molar refractivity (Wildman–Crippen MR) is 123 cm³/mol. The number of amides is 1. The average molecular weight is 507 g/mol. The number of hydrogen-bond acceptors (Lipinski definition) is 6. The van der Waals surface area contributed by atoms with E-state index in [0.717, 1.165) is 18.2 Å². The van der Waals surface area contributed by atoms with Gasteiger partial charge in [0.15, 0.2) is 11.5 Å². The molecule has 0 fully saturated rings. The van der Waals surface area contributed by atoms with E-state index >= 15 is 0 Å². The number of rotatable bonds is 8. The molecule has 3 aromatic carbocycles. The molecule has 0 aromatic heterocycles. The average Bonchev–Trinajstić information content (AvgIpc) is 2.83. The molecule has 35 heavy (non-hydrogen) atoms. The van der Waals surface area contributed by atoms with E-state index in [0.29, 0.717) is 15.9 Å². The van der Waals surface area contributed by atoms with Crippen LogP contribution in [-0.2, 0) is 21.0 Å². The smallest absolute Gasteiger partial charge is 0.416 e. The number of ether oxygens (including phenoxy) is 1. The molecule has 0 saturated carbocycles. The second-order valence-corrected chi connectivity index (χ2v) is 8.96. The second kappa shape index (κ2) is 10.5. The van der Waals surface area contributed by atoms with Crippen molar-refractivity contribution in [3.63, 3.8) is 0 Å². The van der Waals surface area contributed by atoms with Gasteiger partial charge in [-0.1, -0.05) is 24.3 Å². The van der Waals surface area contributed by atoms with Gasteiger partial charge in [-0.15, -0.1) is 0 Å². The molecule has 0 atom stereocenters. The van der Waals surface area contributed by atoms with Crippen LogP contribution in [0, 0.1) is 0 Å². The lowest BCUT2D eigenvalue weighted by molar-refractivity contribution is -0.137. The maximum Gasteiger partial charge on any atom is 0.416 e. The van der Waals surface area contributed by atoms with Gasteiger partial charge in [0, 0.05) is 0 Å². The number of alkyl halides is 3. The minimum Gasteiger partial charge on any atom is -0.504 e. The Morgan fingerprint density at radius 2 is 1.80 bits per heavy atom. The second-order valence-electron chi connectivity index (χ2n) is 7.10. The van der Waals surface area contributed by atoms with Gasteiger partial charge in [-0.25, -0.2) is 13.8 Å². The van der Waals surface area contributed by atoms with E-state index in [2.05, 4.69) is 10.5 Å². The molecule has 1 amide bonds. The zero-order valence-electron chi connectivity index (χ0n) is 18.2. The van der Waals surface area contributed by atoms with Crippen molar-refractivity contribution in [2.45, 2.75) is 11.1 Å². The van der Waals surface area contributed by atoms with Crippen LogP contribution in [0.15, 0.2) is 82.8 Å². The number of sulfonamides is 1. The van der Waals surface area contributed by atoms with Crippen molar-refractivity contribution >= 4 is 27.8 Å². The third kappa shape index (κ3) is 6.29. The highest BCUT2D eigenvalue weighted by atomic mass is 32.2. The van der Waals surface area contributed by atoms with Crippen molar-refractivity contribution in [1.82, 2.24) is 5.43 Å². The van der Waals surface area contributed by atoms with Crippen molar-refractivity contribution < 1.29 is 36.2 Å². The first-order chi connectivity index (χ1) is 16.5. The molecular formula is C23H20F3N3O5S. The Labute approximate surface area is 199 Å². The van der Waals surface area contributed by atoms with Crippen LogP contribution >= 0.6 is 0 Å². The van der Waals surface area contributed by atoms with Crippen LogP contribution in [0.5, 0.6) is 11.5 Å². The van der Waals surface area contributed by atoms with Crippen LogP contribution in [0.3, 0.4) is 0 Å². The molecule has 0 aliphatic rings. The van der Waals surface area contributed by atoms with Gasteiger partial charge in [0.05, 0.1) is 29.5 Å². The van der Waals surface area contributed by atoms with Gasteiger partial charge >= 0.3 is 6.18 Å². The topological polar surface area (TPSA) is 108 Å². The summed E-state index contributed by atoms with van der Waals surface area (Å²) in [5.74, 6) is -0.828. The summed E-state index contributed by atoms with van der Waals surface area (Å²) < 4.78 is 71.7. The number of hydrogen-bond donors (Lipinski definition) is 2. The van der Waals surface area contributed by atoms with E-state index in [-0.39, 0.29) is 22.1 Å². The Morgan fingerprint density at radius 3 is 2.46 bits per heavy atom.